The van der Waals surface area contributed by atoms with Crippen LogP contribution < -0.4 is 5.32 Å². The Morgan fingerprint density at radius 2 is 1.76 bits per heavy atom. The number of carboxylic acids is 1. The first-order valence-corrected chi connectivity index (χ1v) is 6.02. The molecule has 21 heavy (non-hydrogen) atoms. The molecule has 2 rings (SSSR count). The summed E-state index contributed by atoms with van der Waals surface area (Å²) < 4.78 is 26.7. The molecule has 6 heteroatoms. The Balaban J connectivity index is 2.27. The van der Waals surface area contributed by atoms with Gasteiger partial charge >= 0.3 is 5.97 Å². The normalized spacial score (nSPS) is 11.7. The predicted octanol–water partition coefficient (Wildman–Crippen LogP) is 2.52. The van der Waals surface area contributed by atoms with Crippen molar-refractivity contribution in [2.75, 3.05) is 0 Å². The SMILES string of the molecule is O=C(NC(C(=O)O)c1ccccc1F)c1cccc(F)c1. The molecule has 0 bridgehead atoms. The van der Waals surface area contributed by atoms with Gasteiger partial charge in [0.05, 0.1) is 0 Å². The summed E-state index contributed by atoms with van der Waals surface area (Å²) in [5, 5.41) is 11.3. The van der Waals surface area contributed by atoms with E-state index in [9.17, 15) is 18.4 Å². The van der Waals surface area contributed by atoms with Crippen molar-refractivity contribution in [2.45, 2.75) is 6.04 Å². The molecular weight excluding hydrogens is 280 g/mol. The van der Waals surface area contributed by atoms with Crippen LogP contribution in [0.4, 0.5) is 8.78 Å². The maximum atomic E-state index is 13.6. The van der Waals surface area contributed by atoms with Gasteiger partial charge in [-0.15, -0.1) is 0 Å². The highest BCUT2D eigenvalue weighted by Gasteiger charge is 2.25. The standard InChI is InChI=1S/C15H11F2NO3/c16-10-5-3-4-9(8-10)14(19)18-13(15(20)21)11-6-1-2-7-12(11)17/h1-8,13H,(H,18,19)(H,20,21). The Labute approximate surface area is 119 Å². The van der Waals surface area contributed by atoms with Crippen LogP contribution >= 0.6 is 0 Å². The highest BCUT2D eigenvalue weighted by molar-refractivity contribution is 5.96. The molecule has 1 atom stereocenters. The quantitative estimate of drug-likeness (QED) is 0.909. The number of nitrogens with one attached hydrogen (secondary N) is 1. The Bertz CT molecular complexity index is 688. The second kappa shape index (κ2) is 6.13. The van der Waals surface area contributed by atoms with Gasteiger partial charge in [0.15, 0.2) is 6.04 Å². The zero-order valence-corrected chi connectivity index (χ0v) is 10.7. The second-order valence-corrected chi connectivity index (χ2v) is 4.28. The third-order valence-corrected chi connectivity index (χ3v) is 2.83. The van der Waals surface area contributed by atoms with Crippen LogP contribution in [-0.4, -0.2) is 17.0 Å². The minimum atomic E-state index is -1.55. The van der Waals surface area contributed by atoms with Gasteiger partial charge in [0, 0.05) is 11.1 Å². The van der Waals surface area contributed by atoms with Crippen LogP contribution in [0.1, 0.15) is 22.0 Å². The van der Waals surface area contributed by atoms with Gasteiger partial charge < -0.3 is 10.4 Å². The molecule has 0 aliphatic rings. The molecule has 108 valence electrons. The first-order valence-electron chi connectivity index (χ1n) is 6.02. The van der Waals surface area contributed by atoms with Crippen LogP contribution in [0, 0.1) is 11.6 Å². The molecule has 0 radical (unpaired) electrons. The molecule has 0 aliphatic carbocycles. The lowest BCUT2D eigenvalue weighted by molar-refractivity contribution is -0.139. The number of aliphatic carboxylic acids is 1. The van der Waals surface area contributed by atoms with Crippen molar-refractivity contribution in [3.8, 4) is 0 Å². The first kappa shape index (κ1) is 14.6. The number of benzene rings is 2. The lowest BCUT2D eigenvalue weighted by Crippen LogP contribution is -2.34. The average Bonchev–Trinajstić information content (AvgIpc) is 2.45. The highest BCUT2D eigenvalue weighted by atomic mass is 19.1. The van der Waals surface area contributed by atoms with Gasteiger partial charge in [-0.2, -0.15) is 0 Å². The number of carbonyl (C=O) groups is 2. The molecule has 2 aromatic carbocycles. The minimum Gasteiger partial charge on any atom is -0.479 e. The number of hydrogen-bond donors (Lipinski definition) is 2. The Morgan fingerprint density at radius 3 is 2.38 bits per heavy atom. The topological polar surface area (TPSA) is 66.4 Å². The van der Waals surface area contributed by atoms with Crippen LogP contribution in [0.15, 0.2) is 48.5 Å². The fraction of sp³-hybridized carbons (Fsp3) is 0.0667. The number of carbonyl (C=O) groups excluding carboxylic acids is 1. The largest absolute Gasteiger partial charge is 0.479 e. The average molecular weight is 291 g/mol. The summed E-state index contributed by atoms with van der Waals surface area (Å²) in [6.07, 6.45) is 0. The van der Waals surface area contributed by atoms with Crippen LogP contribution in [-0.2, 0) is 4.79 Å². The molecule has 2 N–H and O–H groups in total. The number of hydrogen-bond acceptors (Lipinski definition) is 2. The van der Waals surface area contributed by atoms with Gasteiger partial charge in [0.25, 0.3) is 5.91 Å². The maximum absolute atomic E-state index is 13.6. The molecule has 2 aromatic rings. The van der Waals surface area contributed by atoms with Crippen molar-refractivity contribution in [3.63, 3.8) is 0 Å². The lowest BCUT2D eigenvalue weighted by Gasteiger charge is -2.15. The second-order valence-electron chi connectivity index (χ2n) is 4.28. The van der Waals surface area contributed by atoms with Gasteiger partial charge in [-0.05, 0) is 24.3 Å². The summed E-state index contributed by atoms with van der Waals surface area (Å²) in [6.45, 7) is 0. The number of carboxylic acid groups (broad SMARTS) is 1. The summed E-state index contributed by atoms with van der Waals surface area (Å²) in [5.41, 5.74) is -0.215. The molecule has 0 saturated heterocycles. The lowest BCUT2D eigenvalue weighted by atomic mass is 10.1. The van der Waals surface area contributed by atoms with E-state index in [1.165, 1.54) is 30.3 Å². The summed E-state index contributed by atoms with van der Waals surface area (Å²) in [5.74, 6) is -3.58. The fourth-order valence-corrected chi connectivity index (χ4v) is 1.83. The van der Waals surface area contributed by atoms with E-state index in [0.29, 0.717) is 0 Å². The number of halogens is 2. The summed E-state index contributed by atoms with van der Waals surface area (Å²) in [4.78, 5) is 23.2. The molecule has 1 unspecified atom stereocenters. The molecule has 4 nitrogen and oxygen atoms in total. The van der Waals surface area contributed by atoms with E-state index in [2.05, 4.69) is 5.32 Å². The van der Waals surface area contributed by atoms with E-state index >= 15 is 0 Å². The van der Waals surface area contributed by atoms with E-state index in [1.54, 1.807) is 0 Å². The molecule has 0 spiro atoms. The van der Waals surface area contributed by atoms with E-state index in [0.717, 1.165) is 18.2 Å². The van der Waals surface area contributed by atoms with Crippen molar-refractivity contribution in [1.82, 2.24) is 5.32 Å². The van der Waals surface area contributed by atoms with Crippen molar-refractivity contribution in [1.29, 1.82) is 0 Å². The Kier molecular flexibility index (Phi) is 4.27. The zero-order valence-electron chi connectivity index (χ0n) is 10.7. The van der Waals surface area contributed by atoms with Crippen LogP contribution in [0.3, 0.4) is 0 Å². The minimum absolute atomic E-state index is 0.0439. The van der Waals surface area contributed by atoms with Crippen molar-refractivity contribution < 1.29 is 23.5 Å². The Morgan fingerprint density at radius 1 is 1.05 bits per heavy atom. The number of rotatable bonds is 4. The van der Waals surface area contributed by atoms with E-state index in [1.807, 2.05) is 0 Å². The van der Waals surface area contributed by atoms with Crippen LogP contribution in [0.2, 0.25) is 0 Å². The van der Waals surface area contributed by atoms with Gasteiger partial charge in [-0.25, -0.2) is 13.6 Å². The van der Waals surface area contributed by atoms with Crippen LogP contribution in [0.25, 0.3) is 0 Å². The molecule has 0 fully saturated rings. The smallest absolute Gasteiger partial charge is 0.331 e. The van der Waals surface area contributed by atoms with Gasteiger partial charge in [-0.1, -0.05) is 24.3 Å². The van der Waals surface area contributed by atoms with Crippen molar-refractivity contribution >= 4 is 11.9 Å². The predicted molar refractivity (Wildman–Crippen MR) is 70.6 cm³/mol. The summed E-state index contributed by atoms with van der Waals surface area (Å²) >= 11 is 0. The third kappa shape index (κ3) is 3.42. The van der Waals surface area contributed by atoms with Gasteiger partial charge in [-0.3, -0.25) is 4.79 Å². The van der Waals surface area contributed by atoms with E-state index in [4.69, 9.17) is 5.11 Å². The molecule has 1 amide bonds. The van der Waals surface area contributed by atoms with Crippen molar-refractivity contribution in [3.05, 3.63) is 71.3 Å². The zero-order chi connectivity index (χ0) is 15.4. The molecule has 0 saturated carbocycles. The molecule has 0 heterocycles. The van der Waals surface area contributed by atoms with Gasteiger partial charge in [0.2, 0.25) is 0 Å². The summed E-state index contributed by atoms with van der Waals surface area (Å²) in [6, 6.07) is 8.45. The first-order chi connectivity index (χ1) is 9.99. The van der Waals surface area contributed by atoms with E-state index < -0.39 is 29.6 Å². The van der Waals surface area contributed by atoms with Crippen LogP contribution in [0.5, 0.6) is 0 Å². The van der Waals surface area contributed by atoms with E-state index in [-0.39, 0.29) is 11.1 Å². The number of amides is 1. The van der Waals surface area contributed by atoms with Gasteiger partial charge in [0.1, 0.15) is 11.6 Å². The monoisotopic (exact) mass is 291 g/mol. The maximum Gasteiger partial charge on any atom is 0.331 e. The third-order valence-electron chi connectivity index (χ3n) is 2.83. The highest BCUT2D eigenvalue weighted by Crippen LogP contribution is 2.18. The summed E-state index contributed by atoms with van der Waals surface area (Å²) in [7, 11) is 0. The molecular formula is C15H11F2NO3. The molecule has 0 aliphatic heterocycles. The molecule has 0 aromatic heterocycles. The Hall–Kier alpha value is -2.76. The van der Waals surface area contributed by atoms with Crippen molar-refractivity contribution in [2.24, 2.45) is 0 Å². The fourth-order valence-electron chi connectivity index (χ4n) is 1.83.